The first-order chi connectivity index (χ1) is 11.0. The van der Waals surface area contributed by atoms with Crippen LogP contribution in [0.5, 0.6) is 5.75 Å². The number of aryl methyl sites for hydroxylation is 1. The number of hydrogen-bond acceptors (Lipinski definition) is 2. The molecule has 0 heterocycles. The van der Waals surface area contributed by atoms with Gasteiger partial charge in [-0.15, -0.1) is 0 Å². The quantitative estimate of drug-likeness (QED) is 0.783. The minimum atomic E-state index is -0.248. The Morgan fingerprint density at radius 3 is 2.61 bits per heavy atom. The maximum Gasteiger partial charge on any atom is 0.319 e. The highest BCUT2D eigenvalue weighted by atomic mass is 16.5. The zero-order valence-corrected chi connectivity index (χ0v) is 13.6. The molecule has 0 saturated heterocycles. The van der Waals surface area contributed by atoms with E-state index < -0.39 is 0 Å². The predicted octanol–water partition coefficient (Wildman–Crippen LogP) is 4.27. The van der Waals surface area contributed by atoms with Crippen molar-refractivity contribution in [2.45, 2.75) is 20.4 Å². The molecule has 0 aliphatic rings. The van der Waals surface area contributed by atoms with Gasteiger partial charge in [0, 0.05) is 18.3 Å². The van der Waals surface area contributed by atoms with Crippen molar-refractivity contribution in [1.29, 1.82) is 0 Å². The maximum atomic E-state index is 12.0. The smallest absolute Gasteiger partial charge is 0.319 e. The summed E-state index contributed by atoms with van der Waals surface area (Å²) in [5.74, 6) is 0.698. The number of rotatable bonds is 6. The molecule has 2 aromatic carbocycles. The fourth-order valence-electron chi connectivity index (χ4n) is 1.93. The third-order valence-corrected chi connectivity index (χ3v) is 3.15. The molecule has 4 nitrogen and oxygen atoms in total. The lowest BCUT2D eigenvalue weighted by molar-refractivity contribution is 0.251. The van der Waals surface area contributed by atoms with Gasteiger partial charge in [0.1, 0.15) is 12.4 Å². The molecule has 0 spiro atoms. The van der Waals surface area contributed by atoms with Crippen molar-refractivity contribution in [3.63, 3.8) is 0 Å². The Bertz CT molecular complexity index is 678. The SMILES string of the molecule is C=C(C)COc1cccc(NC(=O)NCc2ccc(C)cc2)c1. The number of carbonyl (C=O) groups is 1. The van der Waals surface area contributed by atoms with Gasteiger partial charge in [0.2, 0.25) is 0 Å². The molecule has 0 fully saturated rings. The molecule has 2 aromatic rings. The summed E-state index contributed by atoms with van der Waals surface area (Å²) in [4.78, 5) is 12.0. The first-order valence-electron chi connectivity index (χ1n) is 7.50. The van der Waals surface area contributed by atoms with E-state index in [0.717, 1.165) is 11.1 Å². The minimum Gasteiger partial charge on any atom is -0.489 e. The molecule has 0 saturated carbocycles. The van der Waals surface area contributed by atoms with E-state index in [9.17, 15) is 4.79 Å². The Morgan fingerprint density at radius 1 is 1.17 bits per heavy atom. The average Bonchev–Trinajstić information content (AvgIpc) is 2.53. The summed E-state index contributed by atoms with van der Waals surface area (Å²) >= 11 is 0. The second-order valence-corrected chi connectivity index (χ2v) is 5.57. The number of urea groups is 1. The topological polar surface area (TPSA) is 50.4 Å². The Labute approximate surface area is 137 Å². The Hall–Kier alpha value is -2.75. The van der Waals surface area contributed by atoms with Gasteiger partial charge in [-0.25, -0.2) is 4.79 Å². The van der Waals surface area contributed by atoms with Crippen molar-refractivity contribution in [2.75, 3.05) is 11.9 Å². The Kier molecular flexibility index (Phi) is 5.80. The summed E-state index contributed by atoms with van der Waals surface area (Å²) in [5, 5.41) is 5.63. The molecule has 23 heavy (non-hydrogen) atoms. The molecule has 0 aliphatic carbocycles. The normalized spacial score (nSPS) is 10.0. The van der Waals surface area contributed by atoms with Gasteiger partial charge in [-0.05, 0) is 37.1 Å². The molecule has 0 unspecified atom stereocenters. The largest absolute Gasteiger partial charge is 0.489 e. The summed E-state index contributed by atoms with van der Waals surface area (Å²) < 4.78 is 5.56. The van der Waals surface area contributed by atoms with Crippen LogP contribution in [-0.2, 0) is 6.54 Å². The van der Waals surface area contributed by atoms with Crippen molar-refractivity contribution in [3.05, 3.63) is 71.8 Å². The van der Waals surface area contributed by atoms with Crippen molar-refractivity contribution in [2.24, 2.45) is 0 Å². The molecule has 2 N–H and O–H groups in total. The van der Waals surface area contributed by atoms with Crippen LogP contribution < -0.4 is 15.4 Å². The van der Waals surface area contributed by atoms with Gasteiger partial charge in [0.05, 0.1) is 0 Å². The van der Waals surface area contributed by atoms with Gasteiger partial charge in [-0.1, -0.05) is 42.5 Å². The summed E-state index contributed by atoms with van der Waals surface area (Å²) in [6, 6.07) is 15.1. The molecular weight excluding hydrogens is 288 g/mol. The standard InChI is InChI=1S/C19H22N2O2/c1-14(2)13-23-18-6-4-5-17(11-18)21-19(22)20-12-16-9-7-15(3)8-10-16/h4-11H,1,12-13H2,2-3H3,(H2,20,21,22). The second kappa shape index (κ2) is 8.03. The van der Waals surface area contributed by atoms with Gasteiger partial charge in [-0.3, -0.25) is 0 Å². The van der Waals surface area contributed by atoms with Crippen LogP contribution in [0, 0.1) is 6.92 Å². The fraction of sp³-hybridized carbons (Fsp3) is 0.211. The Balaban J connectivity index is 1.86. The van der Waals surface area contributed by atoms with E-state index in [4.69, 9.17) is 4.74 Å². The van der Waals surface area contributed by atoms with Crippen LogP contribution in [0.1, 0.15) is 18.1 Å². The van der Waals surface area contributed by atoms with Crippen molar-refractivity contribution < 1.29 is 9.53 Å². The summed E-state index contributed by atoms with van der Waals surface area (Å²) in [7, 11) is 0. The average molecular weight is 310 g/mol. The van der Waals surface area contributed by atoms with Crippen LogP contribution in [-0.4, -0.2) is 12.6 Å². The highest BCUT2D eigenvalue weighted by Gasteiger charge is 2.03. The predicted molar refractivity (Wildman–Crippen MR) is 93.8 cm³/mol. The van der Waals surface area contributed by atoms with Crippen molar-refractivity contribution >= 4 is 11.7 Å². The van der Waals surface area contributed by atoms with E-state index in [0.29, 0.717) is 24.6 Å². The van der Waals surface area contributed by atoms with E-state index in [1.807, 2.05) is 56.3 Å². The number of benzene rings is 2. The van der Waals surface area contributed by atoms with E-state index in [2.05, 4.69) is 17.2 Å². The zero-order valence-electron chi connectivity index (χ0n) is 13.6. The van der Waals surface area contributed by atoms with Crippen molar-refractivity contribution in [3.8, 4) is 5.75 Å². The molecule has 0 atom stereocenters. The zero-order chi connectivity index (χ0) is 16.7. The third-order valence-electron chi connectivity index (χ3n) is 3.15. The number of ether oxygens (including phenoxy) is 1. The number of nitrogens with one attached hydrogen (secondary N) is 2. The minimum absolute atomic E-state index is 0.248. The lowest BCUT2D eigenvalue weighted by Gasteiger charge is -2.10. The van der Waals surface area contributed by atoms with E-state index >= 15 is 0 Å². The molecule has 0 bridgehead atoms. The summed E-state index contributed by atoms with van der Waals surface area (Å²) in [6.07, 6.45) is 0. The van der Waals surface area contributed by atoms with Crippen LogP contribution in [0.2, 0.25) is 0 Å². The Morgan fingerprint density at radius 2 is 1.91 bits per heavy atom. The van der Waals surface area contributed by atoms with Crippen LogP contribution in [0.25, 0.3) is 0 Å². The van der Waals surface area contributed by atoms with Gasteiger partial charge < -0.3 is 15.4 Å². The second-order valence-electron chi connectivity index (χ2n) is 5.57. The summed E-state index contributed by atoms with van der Waals surface area (Å²) in [6.45, 7) is 8.68. The molecule has 4 heteroatoms. The van der Waals surface area contributed by atoms with Gasteiger partial charge in [-0.2, -0.15) is 0 Å². The first-order valence-corrected chi connectivity index (χ1v) is 7.50. The molecular formula is C19H22N2O2. The molecule has 2 amide bonds. The van der Waals surface area contributed by atoms with E-state index in [-0.39, 0.29) is 6.03 Å². The highest BCUT2D eigenvalue weighted by Crippen LogP contribution is 2.17. The first kappa shape index (κ1) is 16.6. The monoisotopic (exact) mass is 310 g/mol. The molecule has 0 radical (unpaired) electrons. The maximum absolute atomic E-state index is 12.0. The van der Waals surface area contributed by atoms with Gasteiger partial charge >= 0.3 is 6.03 Å². The number of amides is 2. The van der Waals surface area contributed by atoms with E-state index in [1.165, 1.54) is 5.56 Å². The third kappa shape index (κ3) is 5.87. The molecule has 120 valence electrons. The van der Waals surface area contributed by atoms with Crippen molar-refractivity contribution in [1.82, 2.24) is 5.32 Å². The lowest BCUT2D eigenvalue weighted by Crippen LogP contribution is -2.28. The fourth-order valence-corrected chi connectivity index (χ4v) is 1.93. The van der Waals surface area contributed by atoms with Crippen LogP contribution in [0.3, 0.4) is 0 Å². The van der Waals surface area contributed by atoms with Crippen LogP contribution in [0.4, 0.5) is 10.5 Å². The lowest BCUT2D eigenvalue weighted by atomic mass is 10.1. The molecule has 0 aliphatic heterocycles. The van der Waals surface area contributed by atoms with Crippen LogP contribution >= 0.6 is 0 Å². The van der Waals surface area contributed by atoms with E-state index in [1.54, 1.807) is 6.07 Å². The number of anilines is 1. The van der Waals surface area contributed by atoms with Gasteiger partial charge in [0.25, 0.3) is 0 Å². The number of hydrogen-bond donors (Lipinski definition) is 2. The molecule has 2 rings (SSSR count). The summed E-state index contributed by atoms with van der Waals surface area (Å²) in [5.41, 5.74) is 3.89. The van der Waals surface area contributed by atoms with Crippen LogP contribution in [0.15, 0.2) is 60.7 Å². The molecule has 0 aromatic heterocycles. The highest BCUT2D eigenvalue weighted by molar-refractivity contribution is 5.89. The van der Waals surface area contributed by atoms with Gasteiger partial charge in [0.15, 0.2) is 0 Å². The number of carbonyl (C=O) groups excluding carboxylic acids is 1.